The van der Waals surface area contributed by atoms with Crippen molar-refractivity contribution in [3.63, 3.8) is 0 Å². The maximum Gasteiger partial charge on any atom is 0.331 e. The molecule has 0 aliphatic rings. The lowest BCUT2D eigenvalue weighted by molar-refractivity contribution is -0.132. The van der Waals surface area contributed by atoms with Crippen LogP contribution in [0, 0.1) is 0 Å². The maximum atomic E-state index is 9.71. The number of hydrogen-bond acceptors (Lipinski definition) is 4. The third-order valence-electron chi connectivity index (χ3n) is 2.85. The van der Waals surface area contributed by atoms with E-state index < -0.39 is 11.9 Å². The van der Waals surface area contributed by atoms with Gasteiger partial charge in [-0.3, -0.25) is 0 Å². The topological polar surface area (TPSA) is 93.1 Å². The molecule has 0 saturated heterocycles. The average Bonchev–Trinajstić information content (AvgIpc) is 2.71. The molecule has 0 heterocycles. The standard InChI is InChI=1S/C12H9ClSi.2C5H8O3/c13-10-6-8-12(9-7-10)14-11-4-2-1-3-5-11;2*1-2-8-4-3-5(6)7/h1-9H;2*3-4H,2H2,1H3,(H,6,7). The van der Waals surface area contributed by atoms with Crippen LogP contribution >= 0.6 is 11.6 Å². The molecule has 2 N–H and O–H groups in total. The second-order valence-electron chi connectivity index (χ2n) is 5.19. The summed E-state index contributed by atoms with van der Waals surface area (Å²) in [6.07, 6.45) is 4.21. The molecule has 6 nitrogen and oxygen atoms in total. The molecule has 30 heavy (non-hydrogen) atoms. The molecular weight excluding hydrogens is 424 g/mol. The Bertz CT molecular complexity index is 750. The van der Waals surface area contributed by atoms with Gasteiger partial charge in [-0.2, -0.15) is 0 Å². The molecule has 0 bridgehead atoms. The number of benzene rings is 2. The molecule has 2 aromatic carbocycles. The van der Waals surface area contributed by atoms with Crippen LogP contribution in [0.15, 0.2) is 79.3 Å². The fourth-order valence-electron chi connectivity index (χ4n) is 1.63. The molecule has 0 aliphatic heterocycles. The normalized spacial score (nSPS) is 9.83. The minimum absolute atomic E-state index is 0.504. The molecule has 0 spiro atoms. The van der Waals surface area contributed by atoms with Crippen molar-refractivity contribution < 1.29 is 29.3 Å². The zero-order valence-corrected chi connectivity index (χ0v) is 18.6. The van der Waals surface area contributed by atoms with Gasteiger partial charge < -0.3 is 19.7 Å². The van der Waals surface area contributed by atoms with E-state index in [-0.39, 0.29) is 0 Å². The molecule has 0 aromatic heterocycles. The van der Waals surface area contributed by atoms with E-state index in [0.29, 0.717) is 22.7 Å². The quantitative estimate of drug-likeness (QED) is 0.366. The Kier molecular flexibility index (Phi) is 16.2. The summed E-state index contributed by atoms with van der Waals surface area (Å²) >= 11 is 5.82. The first-order valence-electron chi connectivity index (χ1n) is 8.98. The Balaban J connectivity index is 0.000000456. The second kappa shape index (κ2) is 18.0. The van der Waals surface area contributed by atoms with E-state index in [4.69, 9.17) is 21.8 Å². The van der Waals surface area contributed by atoms with Crippen LogP contribution in [0.25, 0.3) is 0 Å². The Hall–Kier alpha value is -3.03. The summed E-state index contributed by atoms with van der Waals surface area (Å²) in [6, 6.07) is 18.5. The summed E-state index contributed by atoms with van der Waals surface area (Å²) in [5, 5.41) is 19.4. The molecule has 0 aliphatic carbocycles. The van der Waals surface area contributed by atoms with Crippen LogP contribution < -0.4 is 10.4 Å². The van der Waals surface area contributed by atoms with Crippen LogP contribution in [0.1, 0.15) is 13.8 Å². The van der Waals surface area contributed by atoms with Crippen molar-refractivity contribution in [2.24, 2.45) is 0 Å². The Labute approximate surface area is 184 Å². The number of hydrogen-bond donors (Lipinski definition) is 2. The van der Waals surface area contributed by atoms with Gasteiger partial charge in [-0.15, -0.1) is 0 Å². The minimum atomic E-state index is -0.988. The van der Waals surface area contributed by atoms with Crippen molar-refractivity contribution in [3.8, 4) is 0 Å². The van der Waals surface area contributed by atoms with Gasteiger partial charge >= 0.3 is 11.9 Å². The molecule has 0 unspecified atom stereocenters. The molecule has 0 fully saturated rings. The molecule has 2 radical (unpaired) electrons. The van der Waals surface area contributed by atoms with E-state index in [1.807, 2.05) is 18.2 Å². The van der Waals surface area contributed by atoms with Crippen molar-refractivity contribution in [2.75, 3.05) is 13.2 Å². The SMILES string of the molecule is CCOC=CC(=O)O.CCOC=CC(=O)O.Clc1ccc([Si]c2ccccc2)cc1. The van der Waals surface area contributed by atoms with Crippen molar-refractivity contribution in [1.82, 2.24) is 0 Å². The summed E-state index contributed by atoms with van der Waals surface area (Å²) in [5.41, 5.74) is 0. The summed E-state index contributed by atoms with van der Waals surface area (Å²) in [5.74, 6) is -1.98. The number of carboxylic acids is 2. The molecule has 2 aromatic rings. The fourth-order valence-corrected chi connectivity index (χ4v) is 2.78. The number of aliphatic carboxylic acids is 2. The van der Waals surface area contributed by atoms with Crippen LogP contribution in [-0.4, -0.2) is 44.9 Å². The fraction of sp³-hybridized carbons (Fsp3) is 0.182. The third kappa shape index (κ3) is 17.1. The van der Waals surface area contributed by atoms with Crippen molar-refractivity contribution in [2.45, 2.75) is 13.8 Å². The smallest absolute Gasteiger partial charge is 0.331 e. The summed E-state index contributed by atoms with van der Waals surface area (Å²) in [6.45, 7) is 4.58. The van der Waals surface area contributed by atoms with Gasteiger partial charge in [0.05, 0.1) is 37.9 Å². The third-order valence-corrected chi connectivity index (χ3v) is 4.35. The number of carboxylic acid groups (broad SMARTS) is 2. The van der Waals surface area contributed by atoms with Crippen LogP contribution in [0.2, 0.25) is 5.02 Å². The van der Waals surface area contributed by atoms with E-state index in [0.717, 1.165) is 29.7 Å². The molecule has 0 atom stereocenters. The van der Waals surface area contributed by atoms with Crippen LogP contribution in [0.5, 0.6) is 0 Å². The summed E-state index contributed by atoms with van der Waals surface area (Å²) in [7, 11) is 0.714. The van der Waals surface area contributed by atoms with E-state index >= 15 is 0 Å². The van der Waals surface area contributed by atoms with Crippen LogP contribution in [0.3, 0.4) is 0 Å². The Morgan fingerprint density at radius 3 is 1.67 bits per heavy atom. The average molecular weight is 449 g/mol. The lowest BCUT2D eigenvalue weighted by Gasteiger charge is -1.99. The molecule has 0 saturated carbocycles. The van der Waals surface area contributed by atoms with Gasteiger partial charge in [-0.1, -0.05) is 64.4 Å². The maximum absolute atomic E-state index is 9.71. The van der Waals surface area contributed by atoms with Gasteiger partial charge in [0.15, 0.2) is 0 Å². The highest BCUT2D eigenvalue weighted by atomic mass is 35.5. The van der Waals surface area contributed by atoms with Gasteiger partial charge in [0, 0.05) is 5.02 Å². The zero-order chi connectivity index (χ0) is 22.6. The minimum Gasteiger partial charge on any atom is -0.501 e. The number of ether oxygens (including phenoxy) is 2. The Morgan fingerprint density at radius 2 is 1.27 bits per heavy atom. The first-order chi connectivity index (χ1) is 14.4. The number of rotatable bonds is 8. The van der Waals surface area contributed by atoms with E-state index in [1.165, 1.54) is 10.4 Å². The predicted octanol–water partition coefficient (Wildman–Crippen LogP) is 3.24. The molecule has 8 heteroatoms. The van der Waals surface area contributed by atoms with E-state index in [9.17, 15) is 9.59 Å². The van der Waals surface area contributed by atoms with Gasteiger partial charge in [-0.25, -0.2) is 9.59 Å². The van der Waals surface area contributed by atoms with Gasteiger partial charge in [0.25, 0.3) is 0 Å². The van der Waals surface area contributed by atoms with Gasteiger partial charge in [0.1, 0.15) is 9.52 Å². The van der Waals surface area contributed by atoms with Gasteiger partial charge in [-0.05, 0) is 26.0 Å². The lowest BCUT2D eigenvalue weighted by atomic mass is 10.4. The van der Waals surface area contributed by atoms with Crippen molar-refractivity contribution in [3.05, 3.63) is 84.3 Å². The largest absolute Gasteiger partial charge is 0.501 e. The second-order valence-corrected chi connectivity index (χ2v) is 7.03. The predicted molar refractivity (Wildman–Crippen MR) is 120 cm³/mol. The molecule has 160 valence electrons. The number of carbonyl (C=O) groups is 2. The number of halogens is 1. The molecule has 0 amide bonds. The highest BCUT2D eigenvalue weighted by Gasteiger charge is 1.96. The molecular formula is C22H25ClO6Si. The Morgan fingerprint density at radius 1 is 0.833 bits per heavy atom. The van der Waals surface area contributed by atoms with E-state index in [2.05, 4.69) is 45.9 Å². The highest BCUT2D eigenvalue weighted by Crippen LogP contribution is 2.03. The highest BCUT2D eigenvalue weighted by molar-refractivity contribution is 6.67. The first kappa shape index (κ1) is 27.0. The monoisotopic (exact) mass is 448 g/mol. The van der Waals surface area contributed by atoms with Gasteiger partial charge in [0.2, 0.25) is 0 Å². The summed E-state index contributed by atoms with van der Waals surface area (Å²) in [4.78, 5) is 19.4. The van der Waals surface area contributed by atoms with Crippen LogP contribution in [-0.2, 0) is 19.1 Å². The molecule has 2 rings (SSSR count). The lowest BCUT2D eigenvalue weighted by Crippen LogP contribution is -2.26. The van der Waals surface area contributed by atoms with Crippen molar-refractivity contribution in [1.29, 1.82) is 0 Å². The van der Waals surface area contributed by atoms with E-state index in [1.54, 1.807) is 13.8 Å². The van der Waals surface area contributed by atoms with Crippen molar-refractivity contribution >= 4 is 43.4 Å². The first-order valence-corrected chi connectivity index (χ1v) is 10.4. The summed E-state index contributed by atoms with van der Waals surface area (Å²) < 4.78 is 9.17. The van der Waals surface area contributed by atoms with Crippen LogP contribution in [0.4, 0.5) is 0 Å². The zero-order valence-electron chi connectivity index (χ0n) is 16.8.